The van der Waals surface area contributed by atoms with E-state index in [0.717, 1.165) is 23.4 Å². The van der Waals surface area contributed by atoms with Crippen LogP contribution in [0.3, 0.4) is 0 Å². The summed E-state index contributed by atoms with van der Waals surface area (Å²) in [5.41, 5.74) is 2.07. The Balaban J connectivity index is 2.57. The lowest BCUT2D eigenvalue weighted by Gasteiger charge is -2.14. The molecule has 0 aliphatic carbocycles. The van der Waals surface area contributed by atoms with Gasteiger partial charge < -0.3 is 9.30 Å². The van der Waals surface area contributed by atoms with Crippen LogP contribution >= 0.6 is 47.8 Å². The van der Waals surface area contributed by atoms with Crippen molar-refractivity contribution in [3.63, 3.8) is 0 Å². The number of hydrogen-bond donors (Lipinski definition) is 0. The summed E-state index contributed by atoms with van der Waals surface area (Å²) in [6.07, 6.45) is 0. The van der Waals surface area contributed by atoms with E-state index in [9.17, 15) is 0 Å². The van der Waals surface area contributed by atoms with Gasteiger partial charge in [-0.3, -0.25) is 0 Å². The molecule has 1 aromatic heterocycles. The maximum Gasteiger partial charge on any atom is 0.192 e. The van der Waals surface area contributed by atoms with E-state index in [1.165, 1.54) is 0 Å². The topological polar surface area (TPSA) is 27.1 Å². The SMILES string of the molecule is COCCn1c(C(Br)(Br)Br)nc2ccccc21. The quantitative estimate of drug-likeness (QED) is 0.694. The lowest BCUT2D eigenvalue weighted by atomic mass is 10.3. The van der Waals surface area contributed by atoms with E-state index in [1.807, 2.05) is 18.2 Å². The van der Waals surface area contributed by atoms with Crippen molar-refractivity contribution >= 4 is 58.8 Å². The van der Waals surface area contributed by atoms with Crippen LogP contribution in [0.1, 0.15) is 5.82 Å². The number of hydrogen-bond acceptors (Lipinski definition) is 2. The Hall–Kier alpha value is 0.0900. The van der Waals surface area contributed by atoms with Crippen molar-refractivity contribution in [2.24, 2.45) is 0 Å². The van der Waals surface area contributed by atoms with E-state index < -0.39 is 2.14 Å². The number of para-hydroxylation sites is 2. The van der Waals surface area contributed by atoms with Gasteiger partial charge in [0.1, 0.15) is 5.82 Å². The van der Waals surface area contributed by atoms with Crippen molar-refractivity contribution < 1.29 is 4.74 Å². The number of rotatable bonds is 3. The molecule has 0 radical (unpaired) electrons. The van der Waals surface area contributed by atoms with E-state index in [-0.39, 0.29) is 0 Å². The van der Waals surface area contributed by atoms with Gasteiger partial charge in [0.05, 0.1) is 17.6 Å². The minimum Gasteiger partial charge on any atom is -0.383 e. The molecule has 0 N–H and O–H groups in total. The first kappa shape index (κ1) is 13.5. The molecular weight excluding hydrogens is 416 g/mol. The molecule has 6 heteroatoms. The monoisotopic (exact) mass is 424 g/mol. The average molecular weight is 427 g/mol. The molecule has 1 heterocycles. The summed E-state index contributed by atoms with van der Waals surface area (Å²) in [7, 11) is 1.70. The Bertz CT molecular complexity index is 519. The minimum absolute atomic E-state index is 0.514. The normalized spacial score (nSPS) is 12.2. The highest BCUT2D eigenvalue weighted by Crippen LogP contribution is 2.44. The van der Waals surface area contributed by atoms with E-state index in [2.05, 4.69) is 63.4 Å². The van der Waals surface area contributed by atoms with Crippen molar-refractivity contribution in [3.8, 4) is 0 Å². The van der Waals surface area contributed by atoms with Gasteiger partial charge in [0.15, 0.2) is 2.14 Å². The van der Waals surface area contributed by atoms with Crippen LogP contribution < -0.4 is 0 Å². The van der Waals surface area contributed by atoms with Gasteiger partial charge in [-0.25, -0.2) is 4.98 Å². The van der Waals surface area contributed by atoms with Gasteiger partial charge in [-0.05, 0) is 12.1 Å². The van der Waals surface area contributed by atoms with Gasteiger partial charge in [-0.15, -0.1) is 0 Å². The number of imidazole rings is 1. The number of alkyl halides is 3. The van der Waals surface area contributed by atoms with Crippen molar-refractivity contribution in [2.75, 3.05) is 13.7 Å². The van der Waals surface area contributed by atoms with Crippen molar-refractivity contribution in [1.82, 2.24) is 9.55 Å². The van der Waals surface area contributed by atoms with E-state index in [4.69, 9.17) is 4.74 Å². The summed E-state index contributed by atoms with van der Waals surface area (Å²) in [5, 5.41) is 0. The average Bonchev–Trinajstić information content (AvgIpc) is 2.65. The fourth-order valence-corrected chi connectivity index (χ4v) is 2.61. The smallest absolute Gasteiger partial charge is 0.192 e. The van der Waals surface area contributed by atoms with Crippen LogP contribution in [0, 0.1) is 0 Å². The molecule has 2 rings (SSSR count). The third-order valence-electron chi connectivity index (χ3n) is 2.43. The number of fused-ring (bicyclic) bond motifs is 1. The molecule has 0 atom stereocenters. The zero-order valence-electron chi connectivity index (χ0n) is 9.16. The molecule has 0 fully saturated rings. The standard InChI is InChI=1S/C11H11Br3N2O/c1-17-7-6-16-9-5-3-2-4-8(9)15-10(16)11(12,13)14/h2-5H,6-7H2,1H3. The van der Waals surface area contributed by atoms with Crippen LogP contribution in [-0.4, -0.2) is 23.3 Å². The predicted molar refractivity (Wildman–Crippen MR) is 80.1 cm³/mol. The number of halogens is 3. The Morgan fingerprint density at radius 3 is 2.65 bits per heavy atom. The van der Waals surface area contributed by atoms with Crippen molar-refractivity contribution in [3.05, 3.63) is 30.1 Å². The Kier molecular flexibility index (Phi) is 4.28. The molecule has 2 aromatic rings. The summed E-state index contributed by atoms with van der Waals surface area (Å²) in [5.74, 6) is 0.871. The zero-order valence-corrected chi connectivity index (χ0v) is 13.9. The summed E-state index contributed by atoms with van der Waals surface area (Å²) in [6.45, 7) is 1.41. The maximum atomic E-state index is 5.14. The number of nitrogens with zero attached hydrogens (tertiary/aromatic N) is 2. The minimum atomic E-state index is -0.514. The van der Waals surface area contributed by atoms with Gasteiger partial charge in [-0.1, -0.05) is 59.9 Å². The largest absolute Gasteiger partial charge is 0.383 e. The molecule has 0 aliphatic heterocycles. The van der Waals surface area contributed by atoms with Gasteiger partial charge >= 0.3 is 0 Å². The second-order valence-corrected chi connectivity index (χ2v) is 10.3. The first-order valence-corrected chi connectivity index (χ1v) is 7.43. The molecule has 0 unspecified atom stereocenters. The molecule has 1 aromatic carbocycles. The maximum absolute atomic E-state index is 5.14. The fraction of sp³-hybridized carbons (Fsp3) is 0.364. The third-order valence-corrected chi connectivity index (χ3v) is 3.49. The highest BCUT2D eigenvalue weighted by Gasteiger charge is 2.28. The predicted octanol–water partition coefficient (Wildman–Crippen LogP) is 3.98. The number of ether oxygens (including phenoxy) is 1. The summed E-state index contributed by atoms with van der Waals surface area (Å²) in [4.78, 5) is 4.60. The molecular formula is C11H11Br3N2O. The number of methoxy groups -OCH3 is 1. The van der Waals surface area contributed by atoms with E-state index >= 15 is 0 Å². The van der Waals surface area contributed by atoms with Gasteiger partial charge in [0, 0.05) is 13.7 Å². The molecule has 0 saturated carbocycles. The van der Waals surface area contributed by atoms with Crippen LogP contribution in [-0.2, 0) is 13.4 Å². The highest BCUT2D eigenvalue weighted by molar-refractivity contribution is 9.38. The molecule has 0 aliphatic rings. The highest BCUT2D eigenvalue weighted by atomic mass is 80.0. The van der Waals surface area contributed by atoms with Crippen LogP contribution in [0.4, 0.5) is 0 Å². The Morgan fingerprint density at radius 1 is 1.29 bits per heavy atom. The first-order valence-electron chi connectivity index (χ1n) is 5.05. The van der Waals surface area contributed by atoms with Crippen molar-refractivity contribution in [2.45, 2.75) is 8.69 Å². The van der Waals surface area contributed by atoms with Crippen molar-refractivity contribution in [1.29, 1.82) is 0 Å². The van der Waals surface area contributed by atoms with Gasteiger partial charge in [0.2, 0.25) is 0 Å². The number of aromatic nitrogens is 2. The molecule has 17 heavy (non-hydrogen) atoms. The summed E-state index contributed by atoms with van der Waals surface area (Å²) >= 11 is 10.6. The fourth-order valence-electron chi connectivity index (χ4n) is 1.70. The van der Waals surface area contributed by atoms with Crippen LogP contribution in [0.5, 0.6) is 0 Å². The second-order valence-electron chi connectivity index (χ2n) is 3.57. The lowest BCUT2D eigenvalue weighted by Crippen LogP contribution is -2.13. The Labute approximate surface area is 125 Å². The molecule has 0 amide bonds. The molecule has 0 spiro atoms. The van der Waals surface area contributed by atoms with E-state index in [0.29, 0.717) is 6.61 Å². The zero-order chi connectivity index (χ0) is 12.5. The summed E-state index contributed by atoms with van der Waals surface area (Å²) < 4.78 is 6.75. The molecule has 0 saturated heterocycles. The van der Waals surface area contributed by atoms with E-state index in [1.54, 1.807) is 7.11 Å². The first-order chi connectivity index (χ1) is 8.04. The second kappa shape index (κ2) is 5.38. The lowest BCUT2D eigenvalue weighted by molar-refractivity contribution is 0.187. The number of benzene rings is 1. The van der Waals surface area contributed by atoms with Crippen LogP contribution in [0.15, 0.2) is 24.3 Å². The molecule has 3 nitrogen and oxygen atoms in total. The van der Waals surface area contributed by atoms with Crippen LogP contribution in [0.2, 0.25) is 0 Å². The molecule has 0 bridgehead atoms. The van der Waals surface area contributed by atoms with Crippen LogP contribution in [0.25, 0.3) is 11.0 Å². The Morgan fingerprint density at radius 2 is 2.00 bits per heavy atom. The van der Waals surface area contributed by atoms with Gasteiger partial charge in [0.25, 0.3) is 0 Å². The van der Waals surface area contributed by atoms with Gasteiger partial charge in [-0.2, -0.15) is 0 Å². The summed E-state index contributed by atoms with van der Waals surface area (Å²) in [6, 6.07) is 8.05. The third kappa shape index (κ3) is 2.92. The molecule has 92 valence electrons.